The van der Waals surface area contributed by atoms with Gasteiger partial charge in [0.05, 0.1) is 0 Å². The van der Waals surface area contributed by atoms with Crippen LogP contribution in [-0.4, -0.2) is 18.9 Å². The van der Waals surface area contributed by atoms with E-state index in [1.807, 2.05) is 24.3 Å². The van der Waals surface area contributed by atoms with Crippen molar-refractivity contribution in [1.82, 2.24) is 0 Å². The zero-order valence-corrected chi connectivity index (χ0v) is 13.6. The minimum Gasteiger partial charge on any atom is -0.441 e. The molecular formula is C20H20N2O2. The van der Waals surface area contributed by atoms with E-state index in [2.05, 4.69) is 4.90 Å². The molecule has 4 nitrogen and oxygen atoms in total. The SMILES string of the molecule is N#CC(=Cc1ccc(N2CCCCCC2)o1)C(=O)c1ccccc1. The predicted molar refractivity (Wildman–Crippen MR) is 93.8 cm³/mol. The number of furan rings is 1. The van der Waals surface area contributed by atoms with Crippen molar-refractivity contribution in [2.45, 2.75) is 25.7 Å². The molecule has 0 amide bonds. The molecule has 0 N–H and O–H groups in total. The van der Waals surface area contributed by atoms with E-state index in [-0.39, 0.29) is 11.4 Å². The molecule has 0 spiro atoms. The zero-order valence-electron chi connectivity index (χ0n) is 13.6. The quantitative estimate of drug-likeness (QED) is 0.474. The number of Topliss-reactive ketones (excluding diaryl/α,β-unsaturated/α-hetero) is 1. The second-order valence-corrected chi connectivity index (χ2v) is 5.94. The van der Waals surface area contributed by atoms with Gasteiger partial charge in [-0.05, 0) is 18.9 Å². The minimum absolute atomic E-state index is 0.0815. The predicted octanol–water partition coefficient (Wildman–Crippen LogP) is 4.45. The van der Waals surface area contributed by atoms with E-state index in [4.69, 9.17) is 4.42 Å². The average Bonchev–Trinajstić information content (AvgIpc) is 2.92. The minimum atomic E-state index is -0.286. The van der Waals surface area contributed by atoms with E-state index in [0.717, 1.165) is 19.0 Å². The number of hydrogen-bond acceptors (Lipinski definition) is 4. The van der Waals surface area contributed by atoms with Gasteiger partial charge < -0.3 is 9.32 Å². The first-order valence-corrected chi connectivity index (χ1v) is 8.34. The number of rotatable bonds is 4. The lowest BCUT2D eigenvalue weighted by Gasteiger charge is -2.18. The summed E-state index contributed by atoms with van der Waals surface area (Å²) in [6.45, 7) is 1.98. The third-order valence-corrected chi connectivity index (χ3v) is 4.22. The summed E-state index contributed by atoms with van der Waals surface area (Å²) in [6, 6.07) is 14.5. The number of ketones is 1. The van der Waals surface area contributed by atoms with Gasteiger partial charge in [0.15, 0.2) is 5.88 Å². The van der Waals surface area contributed by atoms with Crippen molar-refractivity contribution in [3.8, 4) is 6.07 Å². The number of benzene rings is 1. The van der Waals surface area contributed by atoms with E-state index in [1.54, 1.807) is 24.3 Å². The number of carbonyl (C=O) groups is 1. The molecule has 1 fully saturated rings. The van der Waals surface area contributed by atoms with E-state index in [9.17, 15) is 10.1 Å². The van der Waals surface area contributed by atoms with Crippen LogP contribution in [0.15, 0.2) is 52.5 Å². The molecule has 1 aliphatic rings. The number of nitriles is 1. The summed E-state index contributed by atoms with van der Waals surface area (Å²) < 4.78 is 5.84. The van der Waals surface area contributed by atoms with E-state index in [1.165, 1.54) is 31.8 Å². The maximum absolute atomic E-state index is 12.4. The summed E-state index contributed by atoms with van der Waals surface area (Å²) in [4.78, 5) is 14.6. The first-order chi connectivity index (χ1) is 11.8. The zero-order chi connectivity index (χ0) is 16.8. The van der Waals surface area contributed by atoms with Gasteiger partial charge in [-0.15, -0.1) is 0 Å². The molecule has 0 bridgehead atoms. The van der Waals surface area contributed by atoms with Gasteiger partial charge in [-0.3, -0.25) is 4.79 Å². The Bertz CT molecular complexity index is 760. The lowest BCUT2D eigenvalue weighted by molar-refractivity contribution is 0.104. The molecule has 1 aliphatic heterocycles. The standard InChI is InChI=1S/C20H20N2O2/c21-15-17(20(23)16-8-4-3-5-9-16)14-18-10-11-19(24-18)22-12-6-1-2-7-13-22/h3-5,8-11,14H,1-2,6-7,12-13H2. The average molecular weight is 320 g/mol. The number of carbonyl (C=O) groups excluding carboxylic acids is 1. The van der Waals surface area contributed by atoms with Crippen molar-refractivity contribution >= 4 is 17.7 Å². The Balaban J connectivity index is 1.79. The van der Waals surface area contributed by atoms with Gasteiger partial charge in [0.1, 0.15) is 17.4 Å². The molecule has 1 aromatic carbocycles. The molecule has 122 valence electrons. The van der Waals surface area contributed by atoms with Crippen LogP contribution in [0.3, 0.4) is 0 Å². The largest absolute Gasteiger partial charge is 0.441 e. The van der Waals surface area contributed by atoms with Crippen LogP contribution in [0.1, 0.15) is 41.8 Å². The lowest BCUT2D eigenvalue weighted by Crippen LogP contribution is -2.23. The third kappa shape index (κ3) is 3.75. The summed E-state index contributed by atoms with van der Waals surface area (Å²) in [5.41, 5.74) is 0.586. The molecule has 1 aromatic heterocycles. The Kier molecular flexibility index (Phi) is 5.12. The Hall–Kier alpha value is -2.80. The highest BCUT2D eigenvalue weighted by Crippen LogP contribution is 2.24. The van der Waals surface area contributed by atoms with Crippen LogP contribution in [0, 0.1) is 11.3 Å². The van der Waals surface area contributed by atoms with E-state index < -0.39 is 0 Å². The summed E-state index contributed by atoms with van der Waals surface area (Å²) in [7, 11) is 0. The molecule has 3 rings (SSSR count). The van der Waals surface area contributed by atoms with Gasteiger partial charge in [-0.25, -0.2) is 0 Å². The number of allylic oxidation sites excluding steroid dienone is 1. The molecule has 0 saturated carbocycles. The second kappa shape index (κ2) is 7.65. The van der Waals surface area contributed by atoms with Crippen LogP contribution in [0.4, 0.5) is 5.88 Å². The molecule has 0 unspecified atom stereocenters. The van der Waals surface area contributed by atoms with Gasteiger partial charge in [-0.2, -0.15) is 5.26 Å². The third-order valence-electron chi connectivity index (χ3n) is 4.22. The first kappa shape index (κ1) is 16.1. The highest BCUT2D eigenvalue weighted by Gasteiger charge is 2.15. The van der Waals surface area contributed by atoms with Crippen LogP contribution >= 0.6 is 0 Å². The van der Waals surface area contributed by atoms with Crippen molar-refractivity contribution in [2.24, 2.45) is 0 Å². The molecule has 2 heterocycles. The molecule has 2 aromatic rings. The maximum atomic E-state index is 12.4. The monoisotopic (exact) mass is 320 g/mol. The molecule has 0 radical (unpaired) electrons. The summed E-state index contributed by atoms with van der Waals surface area (Å²) in [6.07, 6.45) is 6.38. The number of nitrogens with zero attached hydrogens (tertiary/aromatic N) is 2. The van der Waals surface area contributed by atoms with Crippen LogP contribution in [-0.2, 0) is 0 Å². The lowest BCUT2D eigenvalue weighted by atomic mass is 10.0. The fourth-order valence-corrected chi connectivity index (χ4v) is 2.92. The van der Waals surface area contributed by atoms with Gasteiger partial charge in [-0.1, -0.05) is 43.2 Å². The molecule has 24 heavy (non-hydrogen) atoms. The van der Waals surface area contributed by atoms with Gasteiger partial charge in [0, 0.05) is 30.8 Å². The molecule has 1 saturated heterocycles. The van der Waals surface area contributed by atoms with Crippen LogP contribution < -0.4 is 4.90 Å². The smallest absolute Gasteiger partial charge is 0.203 e. The molecular weight excluding hydrogens is 300 g/mol. The normalized spacial score (nSPS) is 15.6. The van der Waals surface area contributed by atoms with Crippen LogP contribution in [0.5, 0.6) is 0 Å². The van der Waals surface area contributed by atoms with E-state index >= 15 is 0 Å². The highest BCUT2D eigenvalue weighted by molar-refractivity contribution is 6.13. The highest BCUT2D eigenvalue weighted by atomic mass is 16.4. The Morgan fingerprint density at radius 2 is 1.75 bits per heavy atom. The van der Waals surface area contributed by atoms with Crippen molar-refractivity contribution in [3.63, 3.8) is 0 Å². The molecule has 4 heteroatoms. The van der Waals surface area contributed by atoms with Crippen molar-refractivity contribution in [3.05, 3.63) is 59.4 Å². The summed E-state index contributed by atoms with van der Waals surface area (Å²) in [5, 5.41) is 9.32. The number of anilines is 1. The van der Waals surface area contributed by atoms with Crippen molar-refractivity contribution in [1.29, 1.82) is 5.26 Å². The summed E-state index contributed by atoms with van der Waals surface area (Å²) in [5.74, 6) is 1.06. The Morgan fingerprint density at radius 1 is 1.04 bits per heavy atom. The molecule has 0 aliphatic carbocycles. The van der Waals surface area contributed by atoms with Crippen LogP contribution in [0.25, 0.3) is 6.08 Å². The fourth-order valence-electron chi connectivity index (χ4n) is 2.92. The Labute approximate surface area is 142 Å². The second-order valence-electron chi connectivity index (χ2n) is 5.94. The Morgan fingerprint density at radius 3 is 2.42 bits per heavy atom. The van der Waals surface area contributed by atoms with Gasteiger partial charge >= 0.3 is 0 Å². The maximum Gasteiger partial charge on any atom is 0.203 e. The summed E-state index contributed by atoms with van der Waals surface area (Å²) >= 11 is 0. The fraction of sp³-hybridized carbons (Fsp3) is 0.300. The van der Waals surface area contributed by atoms with Crippen molar-refractivity contribution in [2.75, 3.05) is 18.0 Å². The van der Waals surface area contributed by atoms with E-state index in [0.29, 0.717) is 11.3 Å². The number of hydrogen-bond donors (Lipinski definition) is 0. The van der Waals surface area contributed by atoms with Gasteiger partial charge in [0.2, 0.25) is 5.78 Å². The van der Waals surface area contributed by atoms with Gasteiger partial charge in [0.25, 0.3) is 0 Å². The topological polar surface area (TPSA) is 57.2 Å². The molecule has 0 atom stereocenters. The first-order valence-electron chi connectivity index (χ1n) is 8.34. The van der Waals surface area contributed by atoms with Crippen molar-refractivity contribution < 1.29 is 9.21 Å². The van der Waals surface area contributed by atoms with Crippen LogP contribution in [0.2, 0.25) is 0 Å².